The molecule has 2 heterocycles. The zero-order chi connectivity index (χ0) is 17.3. The van der Waals surface area contributed by atoms with Gasteiger partial charge in [0.2, 0.25) is 5.82 Å². The Kier molecular flexibility index (Phi) is 4.11. The second-order valence-corrected chi connectivity index (χ2v) is 5.21. The lowest BCUT2D eigenvalue weighted by atomic mass is 10.2. The van der Waals surface area contributed by atoms with Crippen molar-refractivity contribution in [2.24, 2.45) is 0 Å². The van der Waals surface area contributed by atoms with Gasteiger partial charge < -0.3 is 10.1 Å². The van der Waals surface area contributed by atoms with Gasteiger partial charge in [-0.05, 0) is 39.0 Å². The van der Waals surface area contributed by atoms with Gasteiger partial charge >= 0.3 is 0 Å². The molecule has 0 unspecified atom stereocenters. The molecule has 24 heavy (non-hydrogen) atoms. The zero-order valence-corrected chi connectivity index (χ0v) is 13.5. The fraction of sp³-hybridized carbons (Fsp3) is 0.250. The predicted octanol–water partition coefficient (Wildman–Crippen LogP) is 2.53. The average molecular weight is 329 g/mol. The molecule has 7 nitrogen and oxygen atoms in total. The Morgan fingerprint density at radius 3 is 2.83 bits per heavy atom. The minimum absolute atomic E-state index is 0.0250. The number of amides is 1. The van der Waals surface area contributed by atoms with E-state index in [-0.39, 0.29) is 11.6 Å². The lowest BCUT2D eigenvalue weighted by Gasteiger charge is -2.10. The van der Waals surface area contributed by atoms with Crippen LogP contribution in [0.1, 0.15) is 28.9 Å². The molecule has 0 aliphatic carbocycles. The lowest BCUT2D eigenvalue weighted by Crippen LogP contribution is -2.15. The maximum atomic E-state index is 13.3. The second-order valence-electron chi connectivity index (χ2n) is 5.21. The van der Waals surface area contributed by atoms with Crippen molar-refractivity contribution in [3.8, 4) is 5.75 Å². The molecule has 0 spiro atoms. The third kappa shape index (κ3) is 3.03. The van der Waals surface area contributed by atoms with Crippen molar-refractivity contribution in [3.05, 3.63) is 47.3 Å². The van der Waals surface area contributed by atoms with Crippen LogP contribution in [0.5, 0.6) is 5.75 Å². The monoisotopic (exact) mass is 329 g/mol. The van der Waals surface area contributed by atoms with Gasteiger partial charge in [0.25, 0.3) is 11.7 Å². The number of carbonyl (C=O) groups excluding carboxylic acids is 1. The van der Waals surface area contributed by atoms with Crippen molar-refractivity contribution in [2.75, 3.05) is 11.9 Å². The van der Waals surface area contributed by atoms with E-state index in [1.165, 1.54) is 22.7 Å². The second kappa shape index (κ2) is 6.23. The Hall–Kier alpha value is -3.03. The van der Waals surface area contributed by atoms with Crippen LogP contribution >= 0.6 is 0 Å². The SMILES string of the molecule is CCOc1cc(F)ccc1NC(=O)c1nc2nc(C)cc(C)n2n1. The van der Waals surface area contributed by atoms with Gasteiger partial charge in [-0.1, -0.05) is 0 Å². The van der Waals surface area contributed by atoms with Crippen LogP contribution in [0, 0.1) is 19.7 Å². The van der Waals surface area contributed by atoms with Crippen molar-refractivity contribution in [2.45, 2.75) is 20.8 Å². The van der Waals surface area contributed by atoms with Gasteiger partial charge in [0, 0.05) is 17.5 Å². The molecule has 0 fully saturated rings. The first-order chi connectivity index (χ1) is 11.5. The Morgan fingerprint density at radius 1 is 1.29 bits per heavy atom. The molecule has 0 saturated heterocycles. The Bertz CT molecular complexity index is 922. The summed E-state index contributed by atoms with van der Waals surface area (Å²) in [5, 5.41) is 6.80. The normalized spacial score (nSPS) is 10.8. The smallest absolute Gasteiger partial charge is 0.295 e. The van der Waals surface area contributed by atoms with E-state index >= 15 is 0 Å². The number of halogens is 1. The summed E-state index contributed by atoms with van der Waals surface area (Å²) in [6.45, 7) is 5.82. The van der Waals surface area contributed by atoms with Gasteiger partial charge in [0.15, 0.2) is 0 Å². The van der Waals surface area contributed by atoms with E-state index in [1.807, 2.05) is 19.9 Å². The average Bonchev–Trinajstić information content (AvgIpc) is 2.94. The number of aromatic nitrogens is 4. The minimum Gasteiger partial charge on any atom is -0.492 e. The van der Waals surface area contributed by atoms with E-state index in [0.29, 0.717) is 18.1 Å². The molecule has 1 aromatic carbocycles. The number of hydrogen-bond acceptors (Lipinski definition) is 5. The fourth-order valence-electron chi connectivity index (χ4n) is 2.32. The third-order valence-corrected chi connectivity index (χ3v) is 3.31. The molecular weight excluding hydrogens is 313 g/mol. The summed E-state index contributed by atoms with van der Waals surface area (Å²) in [4.78, 5) is 20.8. The summed E-state index contributed by atoms with van der Waals surface area (Å²) in [5.74, 6) is -0.396. The van der Waals surface area contributed by atoms with Crippen LogP contribution in [0.3, 0.4) is 0 Å². The van der Waals surface area contributed by atoms with Gasteiger partial charge in [-0.2, -0.15) is 4.98 Å². The van der Waals surface area contributed by atoms with E-state index in [0.717, 1.165) is 11.4 Å². The number of anilines is 1. The molecule has 1 N–H and O–H groups in total. The Morgan fingerprint density at radius 2 is 2.08 bits per heavy atom. The molecule has 0 atom stereocenters. The molecule has 0 radical (unpaired) electrons. The van der Waals surface area contributed by atoms with E-state index < -0.39 is 11.7 Å². The van der Waals surface area contributed by atoms with Gasteiger partial charge in [-0.25, -0.2) is 13.9 Å². The number of nitrogens with one attached hydrogen (secondary N) is 1. The standard InChI is InChI=1S/C16H16FN5O2/c1-4-24-13-8-11(17)5-6-12(13)19-15(23)14-20-16-18-9(2)7-10(3)22(16)21-14/h5-8H,4H2,1-3H3,(H,19,23). The van der Waals surface area contributed by atoms with Crippen LogP contribution in [0.2, 0.25) is 0 Å². The number of ether oxygens (including phenoxy) is 1. The highest BCUT2D eigenvalue weighted by atomic mass is 19.1. The lowest BCUT2D eigenvalue weighted by molar-refractivity contribution is 0.101. The van der Waals surface area contributed by atoms with Gasteiger partial charge in [-0.3, -0.25) is 4.79 Å². The summed E-state index contributed by atoms with van der Waals surface area (Å²) < 4.78 is 20.2. The summed E-state index contributed by atoms with van der Waals surface area (Å²) in [5.41, 5.74) is 1.96. The largest absolute Gasteiger partial charge is 0.492 e. The molecule has 124 valence electrons. The quantitative estimate of drug-likeness (QED) is 0.795. The maximum Gasteiger partial charge on any atom is 0.295 e. The van der Waals surface area contributed by atoms with Crippen molar-refractivity contribution in [3.63, 3.8) is 0 Å². The molecule has 8 heteroatoms. The van der Waals surface area contributed by atoms with Crippen LogP contribution in [0.25, 0.3) is 5.78 Å². The Balaban J connectivity index is 1.92. The van der Waals surface area contributed by atoms with E-state index in [9.17, 15) is 9.18 Å². The highest BCUT2D eigenvalue weighted by molar-refractivity contribution is 6.02. The molecule has 0 aliphatic rings. The predicted molar refractivity (Wildman–Crippen MR) is 85.8 cm³/mol. The maximum absolute atomic E-state index is 13.3. The minimum atomic E-state index is -0.523. The van der Waals surface area contributed by atoms with Crippen LogP contribution in [0.15, 0.2) is 24.3 Å². The van der Waals surface area contributed by atoms with E-state index in [1.54, 1.807) is 6.92 Å². The third-order valence-electron chi connectivity index (χ3n) is 3.31. The van der Waals surface area contributed by atoms with Gasteiger partial charge in [0.1, 0.15) is 11.6 Å². The number of fused-ring (bicyclic) bond motifs is 1. The van der Waals surface area contributed by atoms with Crippen molar-refractivity contribution in [1.82, 2.24) is 19.6 Å². The first kappa shape index (κ1) is 15.9. The molecule has 3 aromatic rings. The zero-order valence-electron chi connectivity index (χ0n) is 13.5. The molecule has 0 saturated carbocycles. The van der Waals surface area contributed by atoms with Crippen molar-refractivity contribution in [1.29, 1.82) is 0 Å². The van der Waals surface area contributed by atoms with Crippen molar-refractivity contribution >= 4 is 17.4 Å². The number of aryl methyl sites for hydroxylation is 2. The number of rotatable bonds is 4. The molecule has 0 aliphatic heterocycles. The van der Waals surface area contributed by atoms with Gasteiger partial charge in [0.05, 0.1) is 12.3 Å². The highest BCUT2D eigenvalue weighted by Gasteiger charge is 2.17. The topological polar surface area (TPSA) is 81.4 Å². The number of nitrogens with zero attached hydrogens (tertiary/aromatic N) is 4. The molecule has 3 rings (SSSR count). The fourth-order valence-corrected chi connectivity index (χ4v) is 2.32. The van der Waals surface area contributed by atoms with E-state index in [2.05, 4.69) is 20.4 Å². The summed E-state index contributed by atoms with van der Waals surface area (Å²) in [6.07, 6.45) is 0. The van der Waals surface area contributed by atoms with Crippen LogP contribution in [0.4, 0.5) is 10.1 Å². The molecule has 0 bridgehead atoms. The van der Waals surface area contributed by atoms with Crippen LogP contribution < -0.4 is 10.1 Å². The number of hydrogen-bond donors (Lipinski definition) is 1. The van der Waals surface area contributed by atoms with Gasteiger partial charge in [-0.15, -0.1) is 5.10 Å². The van der Waals surface area contributed by atoms with Crippen LogP contribution in [-0.4, -0.2) is 32.1 Å². The first-order valence-electron chi connectivity index (χ1n) is 7.42. The summed E-state index contributed by atoms with van der Waals surface area (Å²) >= 11 is 0. The first-order valence-corrected chi connectivity index (χ1v) is 7.42. The highest BCUT2D eigenvalue weighted by Crippen LogP contribution is 2.25. The molecule has 1 amide bonds. The van der Waals surface area contributed by atoms with E-state index in [4.69, 9.17) is 4.74 Å². The summed E-state index contributed by atoms with van der Waals surface area (Å²) in [7, 11) is 0. The Labute approximate surface area is 137 Å². The summed E-state index contributed by atoms with van der Waals surface area (Å²) in [6, 6.07) is 5.73. The van der Waals surface area contributed by atoms with Crippen molar-refractivity contribution < 1.29 is 13.9 Å². The number of carbonyl (C=O) groups is 1. The van der Waals surface area contributed by atoms with Crippen LogP contribution in [-0.2, 0) is 0 Å². The molecule has 2 aromatic heterocycles. The molecular formula is C16H16FN5O2. The number of benzene rings is 1.